The first-order valence-electron chi connectivity index (χ1n) is 8.59. The third-order valence-electron chi connectivity index (χ3n) is 4.40. The number of hydrogen-bond acceptors (Lipinski definition) is 7. The minimum absolute atomic E-state index is 0.0333. The van der Waals surface area contributed by atoms with Crippen molar-refractivity contribution in [3.63, 3.8) is 0 Å². The van der Waals surface area contributed by atoms with E-state index < -0.39 is 0 Å². The van der Waals surface area contributed by atoms with Crippen molar-refractivity contribution < 1.29 is 4.79 Å². The molecule has 136 valence electrons. The van der Waals surface area contributed by atoms with Gasteiger partial charge in [-0.3, -0.25) is 4.79 Å². The Balaban J connectivity index is 1.42. The summed E-state index contributed by atoms with van der Waals surface area (Å²) in [6.45, 7) is 9.16. The lowest BCUT2D eigenvalue weighted by Crippen LogP contribution is -2.49. The van der Waals surface area contributed by atoms with E-state index in [2.05, 4.69) is 46.0 Å². The lowest BCUT2D eigenvalue weighted by Gasteiger charge is -2.35. The van der Waals surface area contributed by atoms with Gasteiger partial charge in [0.2, 0.25) is 0 Å². The van der Waals surface area contributed by atoms with Gasteiger partial charge in [0.25, 0.3) is 5.91 Å². The second-order valence-electron chi connectivity index (χ2n) is 7.38. The molecule has 4 rings (SSSR count). The highest BCUT2D eigenvalue weighted by Crippen LogP contribution is 2.27. The molecular formula is C17H21N7OS. The molecule has 0 spiro atoms. The zero-order chi connectivity index (χ0) is 18.3. The summed E-state index contributed by atoms with van der Waals surface area (Å²) >= 11 is 1.50. The number of anilines is 1. The van der Waals surface area contributed by atoms with Crippen LogP contribution in [0.15, 0.2) is 24.7 Å². The van der Waals surface area contributed by atoms with Gasteiger partial charge in [0.1, 0.15) is 17.0 Å². The largest absolute Gasteiger partial charge is 0.352 e. The van der Waals surface area contributed by atoms with E-state index in [0.29, 0.717) is 18.0 Å². The zero-order valence-corrected chi connectivity index (χ0v) is 15.9. The Morgan fingerprint density at radius 3 is 2.62 bits per heavy atom. The van der Waals surface area contributed by atoms with Crippen LogP contribution >= 0.6 is 11.3 Å². The van der Waals surface area contributed by atoms with Crippen molar-refractivity contribution in [2.75, 3.05) is 31.1 Å². The number of aromatic nitrogens is 5. The summed E-state index contributed by atoms with van der Waals surface area (Å²) in [5, 5.41) is 13.3. The van der Waals surface area contributed by atoms with Gasteiger partial charge in [-0.05, 0) is 12.1 Å². The molecular weight excluding hydrogens is 350 g/mol. The van der Waals surface area contributed by atoms with Crippen molar-refractivity contribution >= 4 is 28.7 Å². The first-order chi connectivity index (χ1) is 12.4. The van der Waals surface area contributed by atoms with Gasteiger partial charge in [-0.25, -0.2) is 4.98 Å². The summed E-state index contributed by atoms with van der Waals surface area (Å²) in [5.41, 5.74) is 0.691. The summed E-state index contributed by atoms with van der Waals surface area (Å²) in [6, 6.07) is 3.85. The lowest BCUT2D eigenvalue weighted by atomic mass is 9.98. The van der Waals surface area contributed by atoms with E-state index in [0.717, 1.165) is 29.6 Å². The van der Waals surface area contributed by atoms with Crippen molar-refractivity contribution in [1.82, 2.24) is 29.7 Å². The summed E-state index contributed by atoms with van der Waals surface area (Å²) in [5.74, 6) is 0.942. The minimum Gasteiger partial charge on any atom is -0.352 e. The molecule has 0 radical (unpaired) electrons. The van der Waals surface area contributed by atoms with Gasteiger partial charge in [0.05, 0.1) is 11.2 Å². The number of hydrogen-bond donors (Lipinski definition) is 0. The normalized spacial score (nSPS) is 15.7. The lowest BCUT2D eigenvalue weighted by molar-refractivity contribution is 0.0751. The average Bonchev–Trinajstić information content (AvgIpc) is 3.29. The maximum Gasteiger partial charge on any atom is 0.265 e. The third kappa shape index (κ3) is 3.14. The summed E-state index contributed by atoms with van der Waals surface area (Å²) < 4.78 is 1.66. The highest BCUT2D eigenvalue weighted by molar-refractivity contribution is 7.13. The molecule has 1 aliphatic heterocycles. The maximum absolute atomic E-state index is 12.8. The zero-order valence-electron chi connectivity index (χ0n) is 15.1. The fourth-order valence-corrected chi connectivity index (χ4v) is 3.84. The molecule has 1 aliphatic rings. The molecule has 26 heavy (non-hydrogen) atoms. The van der Waals surface area contributed by atoms with Gasteiger partial charge in [0.15, 0.2) is 5.65 Å². The SMILES string of the molecule is CC(C)(C)c1ncc(C(=O)N2CCN(c3ccc4nncn4n3)CC2)s1. The molecule has 1 fully saturated rings. The van der Waals surface area contributed by atoms with Crippen LogP contribution < -0.4 is 4.90 Å². The van der Waals surface area contributed by atoms with E-state index in [-0.39, 0.29) is 11.3 Å². The molecule has 3 aromatic heterocycles. The standard InChI is InChI=1S/C17H21N7OS/c1-17(2,3)16-18-10-12(26-16)15(25)23-8-6-22(7-9-23)14-5-4-13-20-19-11-24(13)21-14/h4-5,10-11H,6-9H2,1-3H3. The Morgan fingerprint density at radius 2 is 1.92 bits per heavy atom. The van der Waals surface area contributed by atoms with Crippen molar-refractivity contribution in [2.45, 2.75) is 26.2 Å². The number of carbonyl (C=O) groups excluding carboxylic acids is 1. The molecule has 0 aliphatic carbocycles. The number of fused-ring (bicyclic) bond motifs is 1. The van der Waals surface area contributed by atoms with Crippen LogP contribution in [0.25, 0.3) is 5.65 Å². The number of carbonyl (C=O) groups is 1. The predicted molar refractivity (Wildman–Crippen MR) is 99.7 cm³/mol. The molecule has 0 atom stereocenters. The van der Waals surface area contributed by atoms with Gasteiger partial charge in [-0.1, -0.05) is 20.8 Å². The molecule has 3 aromatic rings. The number of rotatable bonds is 2. The van der Waals surface area contributed by atoms with Crippen molar-refractivity contribution in [2.24, 2.45) is 0 Å². The molecule has 0 unspecified atom stereocenters. The van der Waals surface area contributed by atoms with E-state index in [1.165, 1.54) is 11.3 Å². The van der Waals surface area contributed by atoms with E-state index in [1.807, 2.05) is 17.0 Å². The van der Waals surface area contributed by atoms with Gasteiger partial charge in [-0.15, -0.1) is 26.6 Å². The van der Waals surface area contributed by atoms with Crippen LogP contribution in [-0.4, -0.2) is 61.8 Å². The second-order valence-corrected chi connectivity index (χ2v) is 8.41. The third-order valence-corrected chi connectivity index (χ3v) is 5.81. The molecule has 4 heterocycles. The molecule has 0 bridgehead atoms. The minimum atomic E-state index is -0.0333. The van der Waals surface area contributed by atoms with Crippen LogP contribution in [0.1, 0.15) is 35.5 Å². The van der Waals surface area contributed by atoms with Crippen molar-refractivity contribution in [3.05, 3.63) is 34.5 Å². The molecule has 1 saturated heterocycles. The first kappa shape index (κ1) is 16.9. The van der Waals surface area contributed by atoms with Crippen LogP contribution in [0.2, 0.25) is 0 Å². The Labute approximate surface area is 155 Å². The first-order valence-corrected chi connectivity index (χ1v) is 9.41. The number of amides is 1. The smallest absolute Gasteiger partial charge is 0.265 e. The van der Waals surface area contributed by atoms with Crippen LogP contribution in [-0.2, 0) is 5.41 Å². The number of nitrogens with zero attached hydrogens (tertiary/aromatic N) is 7. The van der Waals surface area contributed by atoms with Gasteiger partial charge in [-0.2, -0.15) is 4.52 Å². The Morgan fingerprint density at radius 1 is 1.15 bits per heavy atom. The van der Waals surface area contributed by atoms with E-state index in [9.17, 15) is 4.79 Å². The fourth-order valence-electron chi connectivity index (χ4n) is 2.90. The van der Waals surface area contributed by atoms with Gasteiger partial charge >= 0.3 is 0 Å². The summed E-state index contributed by atoms with van der Waals surface area (Å²) in [7, 11) is 0. The quantitative estimate of drug-likeness (QED) is 0.684. The molecule has 1 amide bonds. The maximum atomic E-state index is 12.8. The summed E-state index contributed by atoms with van der Waals surface area (Å²) in [6.07, 6.45) is 3.30. The van der Waals surface area contributed by atoms with Crippen LogP contribution in [0.3, 0.4) is 0 Å². The predicted octanol–water partition coefficient (Wildman–Crippen LogP) is 1.84. The Kier molecular flexibility index (Phi) is 4.10. The van der Waals surface area contributed by atoms with Crippen LogP contribution in [0.4, 0.5) is 5.82 Å². The molecule has 8 nitrogen and oxygen atoms in total. The molecule has 9 heteroatoms. The topological polar surface area (TPSA) is 79.5 Å². The van der Waals surface area contributed by atoms with Crippen molar-refractivity contribution in [3.8, 4) is 0 Å². The van der Waals surface area contributed by atoms with Gasteiger partial charge < -0.3 is 9.80 Å². The number of thiazole rings is 1. The van der Waals surface area contributed by atoms with E-state index in [4.69, 9.17) is 0 Å². The highest BCUT2D eigenvalue weighted by Gasteiger charge is 2.26. The second kappa shape index (κ2) is 6.31. The average molecular weight is 371 g/mol. The molecule has 0 saturated carbocycles. The molecule has 0 N–H and O–H groups in total. The monoisotopic (exact) mass is 371 g/mol. The molecule has 0 aromatic carbocycles. The van der Waals surface area contributed by atoms with E-state index in [1.54, 1.807) is 17.0 Å². The van der Waals surface area contributed by atoms with Gasteiger partial charge in [0, 0.05) is 31.6 Å². The number of piperazine rings is 1. The summed E-state index contributed by atoms with van der Waals surface area (Å²) in [4.78, 5) is 22.0. The fraction of sp³-hybridized carbons (Fsp3) is 0.471. The highest BCUT2D eigenvalue weighted by atomic mass is 32.1. The van der Waals surface area contributed by atoms with E-state index >= 15 is 0 Å². The van der Waals surface area contributed by atoms with Crippen LogP contribution in [0.5, 0.6) is 0 Å². The van der Waals surface area contributed by atoms with Crippen LogP contribution in [0, 0.1) is 0 Å². The Bertz CT molecular complexity index is 934. The van der Waals surface area contributed by atoms with Crippen molar-refractivity contribution in [1.29, 1.82) is 0 Å². The Hall–Kier alpha value is -2.55.